The molecule has 0 fully saturated rings. The number of pyridine rings is 1. The number of nitrogens with zero attached hydrogens (tertiary/aromatic N) is 3. The third kappa shape index (κ3) is 4.57. The molecule has 7 heteroatoms. The van der Waals surface area contributed by atoms with E-state index in [0.717, 1.165) is 0 Å². The van der Waals surface area contributed by atoms with E-state index in [9.17, 15) is 14.4 Å². The largest absolute Gasteiger partial charge is 0.384 e. The van der Waals surface area contributed by atoms with Gasteiger partial charge in [0.25, 0.3) is 0 Å². The van der Waals surface area contributed by atoms with Gasteiger partial charge < -0.3 is 11.1 Å². The summed E-state index contributed by atoms with van der Waals surface area (Å²) in [5, 5.41) is 12.0. The minimum atomic E-state index is -0.482. The molecule has 0 aliphatic rings. The summed E-state index contributed by atoms with van der Waals surface area (Å²) in [7, 11) is 0. The first-order valence-electron chi connectivity index (χ1n) is 8.72. The smallest absolute Gasteiger partial charge is 0.326 e. The summed E-state index contributed by atoms with van der Waals surface area (Å²) in [5.41, 5.74) is 8.27. The van der Waals surface area contributed by atoms with Crippen LogP contribution < -0.4 is 16.0 Å². The molecule has 3 aromatic rings. The van der Waals surface area contributed by atoms with Crippen LogP contribution in [0, 0.1) is 17.1 Å². The Hall–Kier alpha value is -4.18. The minimum Gasteiger partial charge on any atom is -0.384 e. The second-order valence-corrected chi connectivity index (χ2v) is 6.16. The summed E-state index contributed by atoms with van der Waals surface area (Å²) in [6.07, 6.45) is 1.51. The van der Waals surface area contributed by atoms with E-state index in [0.29, 0.717) is 28.1 Å². The lowest BCUT2D eigenvalue weighted by molar-refractivity contribution is 0.248. The van der Waals surface area contributed by atoms with Gasteiger partial charge in [-0.3, -0.25) is 4.90 Å². The van der Waals surface area contributed by atoms with Gasteiger partial charge in [-0.15, -0.1) is 0 Å². The van der Waals surface area contributed by atoms with Crippen molar-refractivity contribution in [1.82, 2.24) is 10.3 Å². The number of amides is 2. The monoisotopic (exact) mass is 387 g/mol. The van der Waals surface area contributed by atoms with Crippen LogP contribution in [0.3, 0.4) is 0 Å². The van der Waals surface area contributed by atoms with Crippen molar-refractivity contribution in [3.05, 3.63) is 95.9 Å². The van der Waals surface area contributed by atoms with Gasteiger partial charge in [0.15, 0.2) is 0 Å². The van der Waals surface area contributed by atoms with Crippen molar-refractivity contribution in [2.45, 2.75) is 6.54 Å². The number of hydrogen-bond acceptors (Lipinski definition) is 4. The maximum atomic E-state index is 13.4. The molecule has 3 N–H and O–H groups in total. The number of anilines is 2. The molecule has 2 amide bonds. The molecular formula is C22H18FN5O. The Bertz CT molecular complexity index is 1090. The molecule has 0 atom stereocenters. The van der Waals surface area contributed by atoms with Crippen molar-refractivity contribution in [3.63, 3.8) is 0 Å². The zero-order valence-corrected chi connectivity index (χ0v) is 15.5. The van der Waals surface area contributed by atoms with Crippen molar-refractivity contribution in [2.24, 2.45) is 0 Å². The molecule has 0 saturated carbocycles. The minimum absolute atomic E-state index is 0.145. The number of carbonyl (C=O) groups excluding carboxylic acids is 1. The number of hydrogen-bond donors (Lipinski definition) is 2. The molecule has 2 aromatic carbocycles. The number of urea groups is 1. The molecule has 0 aliphatic heterocycles. The summed E-state index contributed by atoms with van der Waals surface area (Å²) >= 11 is 0. The number of rotatable bonds is 5. The Morgan fingerprint density at radius 2 is 1.93 bits per heavy atom. The van der Waals surface area contributed by atoms with E-state index in [1.54, 1.807) is 36.4 Å². The molecule has 1 heterocycles. The third-order valence-electron chi connectivity index (χ3n) is 4.24. The van der Waals surface area contributed by atoms with Gasteiger partial charge in [-0.25, -0.2) is 14.2 Å². The van der Waals surface area contributed by atoms with Gasteiger partial charge in [0.2, 0.25) is 0 Å². The number of nitrogens with one attached hydrogen (secondary N) is 1. The topological polar surface area (TPSA) is 95.0 Å². The molecule has 0 saturated heterocycles. The lowest BCUT2D eigenvalue weighted by atomic mass is 10.1. The van der Waals surface area contributed by atoms with Crippen LogP contribution in [0.25, 0.3) is 5.70 Å². The zero-order valence-electron chi connectivity index (χ0n) is 15.5. The van der Waals surface area contributed by atoms with Gasteiger partial charge in [-0.05, 0) is 48.0 Å². The number of nitrogen functional groups attached to an aromatic ring is 1. The van der Waals surface area contributed by atoms with Gasteiger partial charge in [0, 0.05) is 18.3 Å². The lowest BCUT2D eigenvalue weighted by Gasteiger charge is -2.25. The van der Waals surface area contributed by atoms with Crippen LogP contribution in [0.4, 0.5) is 20.7 Å². The lowest BCUT2D eigenvalue weighted by Crippen LogP contribution is -2.38. The maximum Gasteiger partial charge on any atom is 0.326 e. The van der Waals surface area contributed by atoms with Crippen molar-refractivity contribution in [3.8, 4) is 6.07 Å². The Balaban J connectivity index is 1.90. The van der Waals surface area contributed by atoms with E-state index in [1.165, 1.54) is 35.4 Å². The number of nitriles is 1. The summed E-state index contributed by atoms with van der Waals surface area (Å²) in [6, 6.07) is 17.3. The molecule has 0 aliphatic carbocycles. The van der Waals surface area contributed by atoms with E-state index >= 15 is 0 Å². The third-order valence-corrected chi connectivity index (χ3v) is 4.24. The molecule has 0 unspecified atom stereocenters. The number of carbonyl (C=O) groups is 1. The van der Waals surface area contributed by atoms with Crippen LogP contribution in [-0.4, -0.2) is 11.0 Å². The van der Waals surface area contributed by atoms with Crippen LogP contribution in [0.1, 0.15) is 16.7 Å². The highest BCUT2D eigenvalue weighted by molar-refractivity contribution is 6.04. The summed E-state index contributed by atoms with van der Waals surface area (Å²) in [5.74, 6) is -0.137. The fourth-order valence-electron chi connectivity index (χ4n) is 2.78. The molecule has 0 bridgehead atoms. The molecule has 29 heavy (non-hydrogen) atoms. The molecule has 0 spiro atoms. The van der Waals surface area contributed by atoms with E-state index in [2.05, 4.69) is 22.9 Å². The van der Waals surface area contributed by atoms with Crippen LogP contribution in [0.15, 0.2) is 73.4 Å². The predicted molar refractivity (Wildman–Crippen MR) is 110 cm³/mol. The normalized spacial score (nSPS) is 10.1. The second kappa shape index (κ2) is 8.67. The van der Waals surface area contributed by atoms with Crippen LogP contribution >= 0.6 is 0 Å². The summed E-state index contributed by atoms with van der Waals surface area (Å²) in [6.45, 7) is 4.16. The van der Waals surface area contributed by atoms with Gasteiger partial charge in [-0.2, -0.15) is 5.26 Å². The quantitative estimate of drug-likeness (QED) is 0.690. The summed E-state index contributed by atoms with van der Waals surface area (Å²) < 4.78 is 13.4. The van der Waals surface area contributed by atoms with Crippen LogP contribution in [-0.2, 0) is 6.54 Å². The fourth-order valence-corrected chi connectivity index (χ4v) is 2.78. The van der Waals surface area contributed by atoms with Crippen molar-refractivity contribution in [2.75, 3.05) is 10.6 Å². The highest BCUT2D eigenvalue weighted by Gasteiger charge is 2.21. The molecule has 1 aromatic heterocycles. The SMILES string of the molecule is C=C(c1ccnc(N)c1)N(C(=O)NCc1ccccc1C#N)c1ccc(F)cc1. The Morgan fingerprint density at radius 1 is 1.21 bits per heavy atom. The van der Waals surface area contributed by atoms with Gasteiger partial charge in [-0.1, -0.05) is 24.8 Å². The highest BCUT2D eigenvalue weighted by Crippen LogP contribution is 2.26. The van der Waals surface area contributed by atoms with Crippen molar-refractivity contribution < 1.29 is 9.18 Å². The standard InChI is InChI=1S/C22H18FN5O/c1-15(16-10-11-26-21(25)12-16)28(20-8-6-19(23)7-9-20)22(29)27-14-18-5-3-2-4-17(18)13-24/h2-12H,1,14H2,(H2,25,26)(H,27,29). The average Bonchev–Trinajstić information content (AvgIpc) is 2.74. The zero-order chi connectivity index (χ0) is 20.8. The molecule has 144 valence electrons. The Labute approximate surface area is 167 Å². The fraction of sp³-hybridized carbons (Fsp3) is 0.0455. The van der Waals surface area contributed by atoms with E-state index < -0.39 is 11.8 Å². The maximum absolute atomic E-state index is 13.4. The number of nitrogens with two attached hydrogens (primary N) is 1. The number of halogens is 1. The molecule has 3 rings (SSSR count). The van der Waals surface area contributed by atoms with Crippen LogP contribution in [0.5, 0.6) is 0 Å². The molecular weight excluding hydrogens is 369 g/mol. The van der Waals surface area contributed by atoms with Crippen molar-refractivity contribution in [1.29, 1.82) is 5.26 Å². The van der Waals surface area contributed by atoms with Crippen LogP contribution in [0.2, 0.25) is 0 Å². The van der Waals surface area contributed by atoms with Gasteiger partial charge in [0.1, 0.15) is 11.6 Å². The van der Waals surface area contributed by atoms with Gasteiger partial charge in [0.05, 0.1) is 23.0 Å². The number of benzene rings is 2. The Morgan fingerprint density at radius 3 is 2.62 bits per heavy atom. The highest BCUT2D eigenvalue weighted by atomic mass is 19.1. The first-order chi connectivity index (χ1) is 14.0. The van der Waals surface area contributed by atoms with Gasteiger partial charge >= 0.3 is 6.03 Å². The first-order valence-corrected chi connectivity index (χ1v) is 8.72. The second-order valence-electron chi connectivity index (χ2n) is 6.16. The average molecular weight is 387 g/mol. The Kier molecular flexibility index (Phi) is 5.85. The summed E-state index contributed by atoms with van der Waals surface area (Å²) in [4.78, 5) is 18.3. The number of aromatic nitrogens is 1. The molecule has 6 nitrogen and oxygen atoms in total. The first kappa shape index (κ1) is 19.6. The van der Waals surface area contributed by atoms with E-state index in [1.807, 2.05) is 0 Å². The van der Waals surface area contributed by atoms with E-state index in [-0.39, 0.29) is 12.4 Å². The van der Waals surface area contributed by atoms with E-state index in [4.69, 9.17) is 5.73 Å². The predicted octanol–water partition coefficient (Wildman–Crippen LogP) is 4.06. The molecule has 0 radical (unpaired) electrons. The van der Waals surface area contributed by atoms with Crippen molar-refractivity contribution >= 4 is 23.2 Å².